The van der Waals surface area contributed by atoms with Crippen LogP contribution in [0.3, 0.4) is 0 Å². The Balaban J connectivity index is 2.17. The molecule has 0 radical (unpaired) electrons. The van der Waals surface area contributed by atoms with Gasteiger partial charge in [-0.1, -0.05) is 0 Å². The normalized spacial score (nSPS) is 14.9. The van der Waals surface area contributed by atoms with Crippen LogP contribution >= 0.6 is 0 Å². The third kappa shape index (κ3) is 1.78. The smallest absolute Gasteiger partial charge is 0.113 e. The maximum atomic E-state index is 8.80. The fourth-order valence-electron chi connectivity index (χ4n) is 2.45. The van der Waals surface area contributed by atoms with Gasteiger partial charge in [0.1, 0.15) is 5.82 Å². The van der Waals surface area contributed by atoms with Crippen LogP contribution in [0.5, 0.6) is 0 Å². The molecule has 0 unspecified atom stereocenters. The van der Waals surface area contributed by atoms with E-state index < -0.39 is 0 Å². The van der Waals surface area contributed by atoms with Gasteiger partial charge < -0.3 is 4.57 Å². The minimum atomic E-state index is 0.554. The summed E-state index contributed by atoms with van der Waals surface area (Å²) in [5.74, 6) is 1.81. The summed E-state index contributed by atoms with van der Waals surface area (Å²) in [6.45, 7) is 5.02. The summed E-state index contributed by atoms with van der Waals surface area (Å²) >= 11 is 0. The van der Waals surface area contributed by atoms with Crippen LogP contribution in [-0.2, 0) is 6.54 Å². The lowest BCUT2D eigenvalue weighted by Gasteiger charge is -2.07. The molecule has 0 saturated heterocycles. The van der Waals surface area contributed by atoms with Gasteiger partial charge in [0.2, 0.25) is 0 Å². The van der Waals surface area contributed by atoms with Crippen LogP contribution in [0.4, 0.5) is 0 Å². The molecular weight excluding hydrogens is 222 g/mol. The number of imidazole rings is 1. The van der Waals surface area contributed by atoms with Crippen LogP contribution in [0.15, 0.2) is 12.1 Å². The molecule has 0 bridgehead atoms. The molecule has 0 N–H and O–H groups in total. The molecule has 1 saturated carbocycles. The maximum Gasteiger partial charge on any atom is 0.113 e. The van der Waals surface area contributed by atoms with Crippen LogP contribution in [0.25, 0.3) is 11.0 Å². The van der Waals surface area contributed by atoms with Crippen molar-refractivity contribution in [2.24, 2.45) is 0 Å². The van der Waals surface area contributed by atoms with Gasteiger partial charge in [0.15, 0.2) is 0 Å². The number of nitrogens with zero attached hydrogens (tertiary/aromatic N) is 3. The summed E-state index contributed by atoms with van der Waals surface area (Å²) in [6, 6.07) is 6.61. The van der Waals surface area contributed by atoms with E-state index in [9.17, 15) is 0 Å². The Labute approximate surface area is 107 Å². The Morgan fingerprint density at radius 2 is 2.06 bits per heavy atom. The lowest BCUT2D eigenvalue weighted by Crippen LogP contribution is -2.02. The summed E-state index contributed by atoms with van der Waals surface area (Å²) in [5.41, 5.74) is 4.85. The number of nitriles is 1. The highest BCUT2D eigenvalue weighted by atomic mass is 15.1. The monoisotopic (exact) mass is 239 g/mol. The van der Waals surface area contributed by atoms with Crippen LogP contribution < -0.4 is 0 Å². The fraction of sp³-hybridized carbons (Fsp3) is 0.467. The fourth-order valence-corrected chi connectivity index (χ4v) is 2.45. The third-order valence-electron chi connectivity index (χ3n) is 3.78. The minimum Gasteiger partial charge on any atom is -0.327 e. The molecular formula is C15H17N3. The molecule has 92 valence electrons. The Morgan fingerprint density at radius 1 is 1.33 bits per heavy atom. The summed E-state index contributed by atoms with van der Waals surface area (Å²) in [4.78, 5) is 4.78. The van der Waals surface area contributed by atoms with Gasteiger partial charge in [0, 0.05) is 12.5 Å². The molecule has 1 aliphatic carbocycles. The Kier molecular flexibility index (Phi) is 2.59. The van der Waals surface area contributed by atoms with Gasteiger partial charge in [-0.25, -0.2) is 4.98 Å². The molecule has 18 heavy (non-hydrogen) atoms. The second kappa shape index (κ2) is 4.13. The summed E-state index contributed by atoms with van der Waals surface area (Å²) in [6.07, 6.45) is 3.04. The number of aromatic nitrogens is 2. The molecule has 2 aromatic rings. The molecule has 1 fully saturated rings. The standard InChI is InChI=1S/C15H17N3/c1-10-8-13-14(9-11(10)2)18(7-3-6-16)15(17-13)12-4-5-12/h8-9,12H,3-5,7H2,1-2H3. The zero-order valence-corrected chi connectivity index (χ0v) is 10.9. The molecule has 3 rings (SSSR count). The van der Waals surface area contributed by atoms with Crippen molar-refractivity contribution in [1.29, 1.82) is 5.26 Å². The highest BCUT2D eigenvalue weighted by Gasteiger charge is 2.29. The van der Waals surface area contributed by atoms with Crippen molar-refractivity contribution in [1.82, 2.24) is 9.55 Å². The van der Waals surface area contributed by atoms with Gasteiger partial charge in [-0.15, -0.1) is 0 Å². The summed E-state index contributed by atoms with van der Waals surface area (Å²) in [7, 11) is 0. The SMILES string of the molecule is Cc1cc2nc(C3CC3)n(CCC#N)c2cc1C. The van der Waals surface area contributed by atoms with Crippen LogP contribution in [0.1, 0.15) is 42.1 Å². The number of hydrogen-bond donors (Lipinski definition) is 0. The third-order valence-corrected chi connectivity index (χ3v) is 3.78. The molecule has 0 atom stereocenters. The van der Waals surface area contributed by atoms with Crippen molar-refractivity contribution in [2.45, 2.75) is 45.6 Å². The zero-order valence-electron chi connectivity index (χ0n) is 10.9. The second-order valence-electron chi connectivity index (χ2n) is 5.23. The van der Waals surface area contributed by atoms with E-state index in [-0.39, 0.29) is 0 Å². The molecule has 0 spiro atoms. The van der Waals surface area contributed by atoms with Gasteiger partial charge >= 0.3 is 0 Å². The largest absolute Gasteiger partial charge is 0.327 e. The predicted octanol–water partition coefficient (Wildman–Crippen LogP) is 3.44. The quantitative estimate of drug-likeness (QED) is 0.823. The molecule has 3 heteroatoms. The highest BCUT2D eigenvalue weighted by molar-refractivity contribution is 5.78. The predicted molar refractivity (Wildman–Crippen MR) is 71.4 cm³/mol. The van der Waals surface area contributed by atoms with Crippen LogP contribution in [0, 0.1) is 25.2 Å². The topological polar surface area (TPSA) is 41.6 Å². The van der Waals surface area contributed by atoms with Crippen molar-refractivity contribution < 1.29 is 0 Å². The van der Waals surface area contributed by atoms with E-state index in [0.717, 1.165) is 12.1 Å². The van der Waals surface area contributed by atoms with E-state index in [1.165, 1.54) is 35.3 Å². The maximum absolute atomic E-state index is 8.80. The average Bonchev–Trinajstić information content (AvgIpc) is 3.13. The number of benzene rings is 1. The van der Waals surface area contributed by atoms with E-state index in [1.807, 2.05) is 0 Å². The molecule has 1 aromatic heterocycles. The van der Waals surface area contributed by atoms with Gasteiger partial charge in [0.05, 0.1) is 23.5 Å². The number of rotatable bonds is 3. The van der Waals surface area contributed by atoms with Gasteiger partial charge in [0.25, 0.3) is 0 Å². The first-order valence-corrected chi connectivity index (χ1v) is 6.55. The second-order valence-corrected chi connectivity index (χ2v) is 5.23. The van der Waals surface area contributed by atoms with E-state index in [4.69, 9.17) is 10.2 Å². The Hall–Kier alpha value is -1.82. The molecule has 0 aliphatic heterocycles. The highest BCUT2D eigenvalue weighted by Crippen LogP contribution is 2.41. The van der Waals surface area contributed by atoms with Gasteiger partial charge in [-0.3, -0.25) is 0 Å². The number of fused-ring (bicyclic) bond motifs is 1. The van der Waals surface area contributed by atoms with Crippen molar-refractivity contribution in [3.63, 3.8) is 0 Å². The lowest BCUT2D eigenvalue weighted by atomic mass is 10.1. The molecule has 0 amide bonds. The molecule has 1 aliphatic rings. The van der Waals surface area contributed by atoms with Crippen molar-refractivity contribution in [3.8, 4) is 6.07 Å². The molecule has 3 nitrogen and oxygen atoms in total. The van der Waals surface area contributed by atoms with Crippen molar-refractivity contribution in [3.05, 3.63) is 29.1 Å². The van der Waals surface area contributed by atoms with Crippen LogP contribution in [0.2, 0.25) is 0 Å². The number of hydrogen-bond acceptors (Lipinski definition) is 2. The molecule has 1 heterocycles. The first kappa shape index (κ1) is 11.3. The minimum absolute atomic E-state index is 0.554. The Bertz CT molecular complexity index is 642. The van der Waals surface area contributed by atoms with Crippen molar-refractivity contribution in [2.75, 3.05) is 0 Å². The van der Waals surface area contributed by atoms with E-state index in [2.05, 4.69) is 36.6 Å². The summed E-state index contributed by atoms with van der Waals surface area (Å²) < 4.78 is 2.25. The van der Waals surface area contributed by atoms with Gasteiger partial charge in [-0.05, 0) is 49.9 Å². The van der Waals surface area contributed by atoms with Crippen molar-refractivity contribution >= 4 is 11.0 Å². The summed E-state index contributed by atoms with van der Waals surface area (Å²) in [5, 5.41) is 8.80. The van der Waals surface area contributed by atoms with E-state index in [0.29, 0.717) is 12.3 Å². The first-order chi connectivity index (χ1) is 8.70. The Morgan fingerprint density at radius 3 is 2.72 bits per heavy atom. The number of aryl methyl sites for hydroxylation is 3. The van der Waals surface area contributed by atoms with Gasteiger partial charge in [-0.2, -0.15) is 5.26 Å². The lowest BCUT2D eigenvalue weighted by molar-refractivity contribution is 0.685. The van der Waals surface area contributed by atoms with E-state index >= 15 is 0 Å². The first-order valence-electron chi connectivity index (χ1n) is 6.55. The average molecular weight is 239 g/mol. The van der Waals surface area contributed by atoms with E-state index in [1.54, 1.807) is 0 Å². The zero-order chi connectivity index (χ0) is 12.7. The van der Waals surface area contributed by atoms with Crippen LogP contribution in [-0.4, -0.2) is 9.55 Å². The molecule has 1 aromatic carbocycles.